The van der Waals surface area contributed by atoms with Crippen molar-refractivity contribution in [2.45, 2.75) is 26.8 Å². The molecule has 1 rings (SSSR count). The van der Waals surface area contributed by atoms with E-state index in [1.165, 1.54) is 7.11 Å². The summed E-state index contributed by atoms with van der Waals surface area (Å²) in [6.45, 7) is 5.44. The van der Waals surface area contributed by atoms with Gasteiger partial charge in [-0.1, -0.05) is 11.6 Å². The van der Waals surface area contributed by atoms with Crippen LogP contribution in [0, 0.1) is 20.8 Å². The molecule has 0 radical (unpaired) electrons. The second kappa shape index (κ2) is 4.94. The Bertz CT molecular complexity index is 472. The molecule has 0 amide bonds. The maximum absolute atomic E-state index is 11.0. The van der Waals surface area contributed by atoms with Gasteiger partial charge in [0.25, 0.3) is 0 Å². The van der Waals surface area contributed by atoms with E-state index in [1.54, 1.807) is 6.92 Å². The molecule has 1 unspecified atom stereocenters. The first-order valence-electron chi connectivity index (χ1n) is 5.14. The molecule has 0 saturated carbocycles. The van der Waals surface area contributed by atoms with Crippen molar-refractivity contribution in [2.75, 3.05) is 7.11 Å². The summed E-state index contributed by atoms with van der Waals surface area (Å²) in [6.07, 6.45) is 0. The summed E-state index contributed by atoms with van der Waals surface area (Å²) >= 11 is 6.16. The number of carbonyl (C=O) groups is 1. The Morgan fingerprint density at radius 3 is 2.24 bits per heavy atom. The third-order valence-electron chi connectivity index (χ3n) is 2.99. The van der Waals surface area contributed by atoms with Crippen LogP contribution in [0.4, 0.5) is 0 Å². The van der Waals surface area contributed by atoms with Crippen molar-refractivity contribution in [1.82, 2.24) is 0 Å². The van der Waals surface area contributed by atoms with Gasteiger partial charge in [0.1, 0.15) is 11.8 Å². The van der Waals surface area contributed by atoms with Crippen molar-refractivity contribution in [3.63, 3.8) is 0 Å². The number of ether oxygens (including phenoxy) is 1. The molecule has 0 spiro atoms. The molecular formula is C12H16ClNO3. The fourth-order valence-electron chi connectivity index (χ4n) is 1.87. The van der Waals surface area contributed by atoms with Gasteiger partial charge in [0.15, 0.2) is 0 Å². The van der Waals surface area contributed by atoms with Crippen molar-refractivity contribution in [1.29, 1.82) is 0 Å². The van der Waals surface area contributed by atoms with Gasteiger partial charge in [-0.3, -0.25) is 4.79 Å². The molecule has 1 aromatic rings. The standard InChI is InChI=1S/C12H16ClNO3/c1-5-6(2)11(17-4)8(7(3)9(5)13)10(14)12(15)16/h10H,14H2,1-4H3,(H,15,16). The summed E-state index contributed by atoms with van der Waals surface area (Å²) in [7, 11) is 1.49. The minimum Gasteiger partial charge on any atom is -0.496 e. The first-order chi connectivity index (χ1) is 7.82. The highest BCUT2D eigenvalue weighted by atomic mass is 35.5. The second-order valence-electron chi connectivity index (χ2n) is 3.95. The number of carboxylic acid groups (broad SMARTS) is 1. The second-order valence-corrected chi connectivity index (χ2v) is 4.33. The summed E-state index contributed by atoms with van der Waals surface area (Å²) in [6, 6.07) is -1.14. The quantitative estimate of drug-likeness (QED) is 0.872. The molecule has 0 saturated heterocycles. The number of hydrogen-bond acceptors (Lipinski definition) is 3. The van der Waals surface area contributed by atoms with Gasteiger partial charge in [-0.05, 0) is 37.5 Å². The molecule has 0 aliphatic rings. The fraction of sp³-hybridized carbons (Fsp3) is 0.417. The normalized spacial score (nSPS) is 12.4. The lowest BCUT2D eigenvalue weighted by atomic mass is 9.94. The van der Waals surface area contributed by atoms with Gasteiger partial charge in [0.2, 0.25) is 0 Å². The van der Waals surface area contributed by atoms with Gasteiger partial charge in [-0.25, -0.2) is 0 Å². The maximum atomic E-state index is 11.0. The summed E-state index contributed by atoms with van der Waals surface area (Å²) in [5, 5.41) is 9.54. The van der Waals surface area contributed by atoms with E-state index in [0.717, 1.165) is 11.1 Å². The Morgan fingerprint density at radius 2 is 1.82 bits per heavy atom. The van der Waals surface area contributed by atoms with E-state index < -0.39 is 12.0 Å². The highest BCUT2D eigenvalue weighted by Gasteiger charge is 2.25. The first kappa shape index (κ1) is 13.8. The summed E-state index contributed by atoms with van der Waals surface area (Å²) in [5.74, 6) is -0.606. The Balaban J connectivity index is 3.63. The summed E-state index contributed by atoms with van der Waals surface area (Å²) in [4.78, 5) is 11.0. The highest BCUT2D eigenvalue weighted by molar-refractivity contribution is 6.32. The molecule has 4 nitrogen and oxygen atoms in total. The highest BCUT2D eigenvalue weighted by Crippen LogP contribution is 2.38. The smallest absolute Gasteiger partial charge is 0.325 e. The molecule has 1 atom stereocenters. The van der Waals surface area contributed by atoms with Gasteiger partial charge >= 0.3 is 5.97 Å². The van der Waals surface area contributed by atoms with E-state index in [4.69, 9.17) is 27.2 Å². The monoisotopic (exact) mass is 257 g/mol. The largest absolute Gasteiger partial charge is 0.496 e. The Morgan fingerprint density at radius 1 is 1.29 bits per heavy atom. The third kappa shape index (κ3) is 2.23. The van der Waals surface area contributed by atoms with Gasteiger partial charge in [0, 0.05) is 10.6 Å². The van der Waals surface area contributed by atoms with Crippen LogP contribution in [0.1, 0.15) is 28.3 Å². The number of carboxylic acids is 1. The minimum absolute atomic E-state index is 0.438. The van der Waals surface area contributed by atoms with E-state index >= 15 is 0 Å². The number of rotatable bonds is 3. The Labute approximate surface area is 105 Å². The molecule has 1 aromatic carbocycles. The molecule has 0 aliphatic carbocycles. The lowest BCUT2D eigenvalue weighted by Gasteiger charge is -2.20. The minimum atomic E-state index is -1.14. The number of halogens is 1. The van der Waals surface area contributed by atoms with E-state index in [1.807, 2.05) is 13.8 Å². The predicted octanol–water partition coefficient (Wildman–Crippen LogP) is 2.36. The van der Waals surface area contributed by atoms with Crippen LogP contribution in [0.15, 0.2) is 0 Å². The number of aliphatic carboxylic acids is 1. The average Bonchev–Trinajstić information content (AvgIpc) is 2.29. The number of hydrogen-bond donors (Lipinski definition) is 2. The molecule has 0 heterocycles. The zero-order valence-electron chi connectivity index (χ0n) is 10.3. The summed E-state index contributed by atoms with van der Waals surface area (Å²) < 4.78 is 5.26. The van der Waals surface area contributed by atoms with E-state index in [2.05, 4.69) is 0 Å². The zero-order valence-corrected chi connectivity index (χ0v) is 11.1. The fourth-order valence-corrected chi connectivity index (χ4v) is 2.11. The molecule has 5 heteroatoms. The molecule has 0 bridgehead atoms. The molecule has 17 heavy (non-hydrogen) atoms. The summed E-state index contributed by atoms with van der Waals surface area (Å²) in [5.41, 5.74) is 8.45. The van der Waals surface area contributed by atoms with Crippen molar-refractivity contribution in [3.8, 4) is 5.75 Å². The number of nitrogens with two attached hydrogens (primary N) is 1. The molecule has 0 aliphatic heterocycles. The van der Waals surface area contributed by atoms with Crippen LogP contribution < -0.4 is 10.5 Å². The number of benzene rings is 1. The molecule has 94 valence electrons. The van der Waals surface area contributed by atoms with Crippen LogP contribution in [-0.2, 0) is 4.79 Å². The van der Waals surface area contributed by atoms with Crippen molar-refractivity contribution < 1.29 is 14.6 Å². The topological polar surface area (TPSA) is 72.5 Å². The molecule has 0 aromatic heterocycles. The van der Waals surface area contributed by atoms with Crippen LogP contribution >= 0.6 is 11.6 Å². The Kier molecular flexibility index (Phi) is 4.01. The van der Waals surface area contributed by atoms with Crippen molar-refractivity contribution in [3.05, 3.63) is 27.3 Å². The van der Waals surface area contributed by atoms with Gasteiger partial charge < -0.3 is 15.6 Å². The van der Waals surface area contributed by atoms with Crippen LogP contribution in [0.5, 0.6) is 5.75 Å². The van der Waals surface area contributed by atoms with E-state index in [9.17, 15) is 4.79 Å². The van der Waals surface area contributed by atoms with E-state index in [0.29, 0.717) is 21.9 Å². The van der Waals surface area contributed by atoms with E-state index in [-0.39, 0.29) is 0 Å². The molecule has 0 fully saturated rings. The molecular weight excluding hydrogens is 242 g/mol. The SMILES string of the molecule is COc1c(C)c(C)c(Cl)c(C)c1C(N)C(=O)O. The lowest BCUT2D eigenvalue weighted by Crippen LogP contribution is -2.23. The van der Waals surface area contributed by atoms with Crippen LogP contribution in [0.3, 0.4) is 0 Å². The van der Waals surface area contributed by atoms with Crippen LogP contribution in [-0.4, -0.2) is 18.2 Å². The average molecular weight is 258 g/mol. The molecule has 3 N–H and O–H groups in total. The zero-order chi connectivity index (χ0) is 13.3. The van der Waals surface area contributed by atoms with Crippen molar-refractivity contribution in [2.24, 2.45) is 5.73 Å². The Hall–Kier alpha value is -1.26. The van der Waals surface area contributed by atoms with Crippen LogP contribution in [0.25, 0.3) is 0 Å². The van der Waals surface area contributed by atoms with Crippen molar-refractivity contribution >= 4 is 17.6 Å². The van der Waals surface area contributed by atoms with Crippen LogP contribution in [0.2, 0.25) is 5.02 Å². The maximum Gasteiger partial charge on any atom is 0.325 e. The number of methoxy groups -OCH3 is 1. The van der Waals surface area contributed by atoms with Gasteiger partial charge in [-0.2, -0.15) is 0 Å². The van der Waals surface area contributed by atoms with Gasteiger partial charge in [0.05, 0.1) is 7.11 Å². The predicted molar refractivity (Wildman–Crippen MR) is 66.8 cm³/mol. The third-order valence-corrected chi connectivity index (χ3v) is 3.56. The van der Waals surface area contributed by atoms with Gasteiger partial charge in [-0.15, -0.1) is 0 Å². The lowest BCUT2D eigenvalue weighted by molar-refractivity contribution is -0.138. The first-order valence-corrected chi connectivity index (χ1v) is 5.52.